The highest BCUT2D eigenvalue weighted by molar-refractivity contribution is 6.00. The number of ether oxygens (including phenoxy) is 2. The molecule has 1 aliphatic heterocycles. The van der Waals surface area contributed by atoms with E-state index >= 15 is 0 Å². The van der Waals surface area contributed by atoms with E-state index in [2.05, 4.69) is 5.32 Å². The van der Waals surface area contributed by atoms with Crippen LogP contribution in [-0.2, 0) is 19.1 Å². The molecule has 158 valence electrons. The number of benzene rings is 1. The van der Waals surface area contributed by atoms with Crippen LogP contribution in [0, 0.1) is 6.92 Å². The number of hydrogen-bond donors (Lipinski definition) is 1. The van der Waals surface area contributed by atoms with Crippen LogP contribution < -0.4 is 10.7 Å². The highest BCUT2D eigenvalue weighted by Gasteiger charge is 2.39. The standard InChI is InChI=1S/C23H25NO6/c1-6-28-22(26)18-13(4)24-14(5)19(23(27)29-7-2)20(18)16-11-30-17-9-8-12(3)10-15(17)21(16)25/h8-11,20,24H,6-7H2,1-5H3. The summed E-state index contributed by atoms with van der Waals surface area (Å²) in [5.74, 6) is -2.18. The predicted octanol–water partition coefficient (Wildman–Crippen LogP) is 3.46. The zero-order chi connectivity index (χ0) is 22.0. The number of nitrogens with one attached hydrogen (secondary N) is 1. The molecule has 0 bridgehead atoms. The Morgan fingerprint density at radius 3 is 2.10 bits per heavy atom. The minimum atomic E-state index is -0.967. The van der Waals surface area contributed by atoms with E-state index in [1.54, 1.807) is 39.8 Å². The molecule has 7 nitrogen and oxygen atoms in total. The number of carbonyl (C=O) groups excluding carboxylic acids is 2. The fourth-order valence-corrected chi connectivity index (χ4v) is 3.72. The molecule has 1 aliphatic rings. The second-order valence-electron chi connectivity index (χ2n) is 7.10. The number of hydrogen-bond acceptors (Lipinski definition) is 7. The van der Waals surface area contributed by atoms with Crippen molar-refractivity contribution in [2.24, 2.45) is 0 Å². The van der Waals surface area contributed by atoms with Crippen molar-refractivity contribution in [2.75, 3.05) is 13.2 Å². The fourth-order valence-electron chi connectivity index (χ4n) is 3.72. The molecule has 0 saturated carbocycles. The molecule has 1 aromatic heterocycles. The molecule has 0 radical (unpaired) electrons. The van der Waals surface area contributed by atoms with Crippen molar-refractivity contribution in [3.63, 3.8) is 0 Å². The fraction of sp³-hybridized carbons (Fsp3) is 0.348. The first-order chi connectivity index (χ1) is 14.3. The van der Waals surface area contributed by atoms with E-state index in [0.29, 0.717) is 22.4 Å². The Kier molecular flexibility index (Phi) is 6.10. The molecule has 3 rings (SSSR count). The monoisotopic (exact) mass is 411 g/mol. The van der Waals surface area contributed by atoms with E-state index in [-0.39, 0.29) is 35.4 Å². The van der Waals surface area contributed by atoms with Gasteiger partial charge in [-0.1, -0.05) is 11.6 Å². The van der Waals surface area contributed by atoms with Gasteiger partial charge in [-0.2, -0.15) is 0 Å². The largest absolute Gasteiger partial charge is 0.464 e. The summed E-state index contributed by atoms with van der Waals surface area (Å²) in [5, 5.41) is 3.43. The number of rotatable bonds is 5. The Labute approximate surface area is 174 Å². The third-order valence-corrected chi connectivity index (χ3v) is 5.02. The Hall–Kier alpha value is -3.35. The third kappa shape index (κ3) is 3.75. The molecular formula is C23H25NO6. The van der Waals surface area contributed by atoms with Gasteiger partial charge < -0.3 is 19.2 Å². The molecule has 0 unspecified atom stereocenters. The highest BCUT2D eigenvalue weighted by atomic mass is 16.5. The lowest BCUT2D eigenvalue weighted by atomic mass is 9.80. The lowest BCUT2D eigenvalue weighted by molar-refractivity contribution is -0.139. The quantitative estimate of drug-likeness (QED) is 0.753. The van der Waals surface area contributed by atoms with Crippen molar-refractivity contribution in [3.8, 4) is 0 Å². The maximum absolute atomic E-state index is 13.4. The maximum Gasteiger partial charge on any atom is 0.336 e. The topological polar surface area (TPSA) is 94.8 Å². The first-order valence-electron chi connectivity index (χ1n) is 9.84. The van der Waals surface area contributed by atoms with Gasteiger partial charge in [0.1, 0.15) is 5.58 Å². The van der Waals surface area contributed by atoms with Gasteiger partial charge in [-0.15, -0.1) is 0 Å². The van der Waals surface area contributed by atoms with Gasteiger partial charge in [0, 0.05) is 17.0 Å². The maximum atomic E-state index is 13.4. The molecule has 2 heterocycles. The van der Waals surface area contributed by atoms with Crippen LogP contribution in [0.2, 0.25) is 0 Å². The van der Waals surface area contributed by atoms with Gasteiger partial charge in [0.25, 0.3) is 0 Å². The summed E-state index contributed by atoms with van der Waals surface area (Å²) < 4.78 is 16.2. The van der Waals surface area contributed by atoms with Crippen molar-refractivity contribution >= 4 is 22.9 Å². The molecule has 1 N–H and O–H groups in total. The van der Waals surface area contributed by atoms with Crippen molar-refractivity contribution < 1.29 is 23.5 Å². The number of esters is 2. The summed E-state index contributed by atoms with van der Waals surface area (Å²) in [7, 11) is 0. The van der Waals surface area contributed by atoms with Gasteiger partial charge in [0.15, 0.2) is 5.43 Å². The SMILES string of the molecule is CCOC(=O)C1=C(C)NC(C)=C(C(=O)OCC)C1c1coc2ccc(C)cc2c1=O. The lowest BCUT2D eigenvalue weighted by Crippen LogP contribution is -2.34. The minimum absolute atomic E-state index is 0.158. The van der Waals surface area contributed by atoms with E-state index in [1.165, 1.54) is 6.26 Å². The molecule has 2 aromatic rings. The summed E-state index contributed by atoms with van der Waals surface area (Å²) in [6.07, 6.45) is 1.31. The van der Waals surface area contributed by atoms with Gasteiger partial charge in [-0.25, -0.2) is 9.59 Å². The molecule has 0 spiro atoms. The smallest absolute Gasteiger partial charge is 0.336 e. The molecule has 0 fully saturated rings. The van der Waals surface area contributed by atoms with Crippen LogP contribution in [0.25, 0.3) is 11.0 Å². The highest BCUT2D eigenvalue weighted by Crippen LogP contribution is 2.38. The zero-order valence-electron chi connectivity index (χ0n) is 17.8. The molecule has 0 amide bonds. The third-order valence-electron chi connectivity index (χ3n) is 5.02. The number of carbonyl (C=O) groups is 2. The Morgan fingerprint density at radius 1 is 1.00 bits per heavy atom. The summed E-state index contributed by atoms with van der Waals surface area (Å²) in [6, 6.07) is 5.30. The number of dihydropyridines is 1. The number of aryl methyl sites for hydroxylation is 1. The Morgan fingerprint density at radius 2 is 1.57 bits per heavy atom. The van der Waals surface area contributed by atoms with Gasteiger partial charge in [-0.3, -0.25) is 4.79 Å². The Bertz CT molecular complexity index is 1100. The van der Waals surface area contributed by atoms with Crippen LogP contribution in [0.4, 0.5) is 0 Å². The zero-order valence-corrected chi connectivity index (χ0v) is 17.8. The molecule has 0 atom stereocenters. The first kappa shape index (κ1) is 21.4. The lowest BCUT2D eigenvalue weighted by Gasteiger charge is -2.29. The molecule has 1 aromatic carbocycles. The van der Waals surface area contributed by atoms with Crippen molar-refractivity contribution in [3.05, 3.63) is 68.4 Å². The van der Waals surface area contributed by atoms with Gasteiger partial charge in [0.2, 0.25) is 0 Å². The summed E-state index contributed by atoms with van der Waals surface area (Å²) in [6.45, 7) is 8.99. The number of allylic oxidation sites excluding steroid dienone is 2. The molecule has 0 saturated heterocycles. The van der Waals surface area contributed by atoms with E-state index < -0.39 is 17.9 Å². The van der Waals surface area contributed by atoms with Crippen LogP contribution in [-0.4, -0.2) is 25.2 Å². The van der Waals surface area contributed by atoms with E-state index in [1.807, 2.05) is 13.0 Å². The number of fused-ring (bicyclic) bond motifs is 1. The Balaban J connectivity index is 2.31. The van der Waals surface area contributed by atoms with Gasteiger partial charge >= 0.3 is 11.9 Å². The average Bonchev–Trinajstić information content (AvgIpc) is 2.68. The summed E-state index contributed by atoms with van der Waals surface area (Å²) >= 11 is 0. The van der Waals surface area contributed by atoms with Crippen molar-refractivity contribution in [1.82, 2.24) is 5.32 Å². The second-order valence-corrected chi connectivity index (χ2v) is 7.10. The van der Waals surface area contributed by atoms with Crippen LogP contribution in [0.5, 0.6) is 0 Å². The second kappa shape index (κ2) is 8.57. The molecule has 7 heteroatoms. The van der Waals surface area contributed by atoms with E-state index in [9.17, 15) is 14.4 Å². The predicted molar refractivity (Wildman–Crippen MR) is 112 cm³/mol. The van der Waals surface area contributed by atoms with Gasteiger partial charge in [0.05, 0.1) is 41.9 Å². The minimum Gasteiger partial charge on any atom is -0.464 e. The average molecular weight is 411 g/mol. The van der Waals surface area contributed by atoms with Crippen LogP contribution in [0.15, 0.2) is 56.2 Å². The van der Waals surface area contributed by atoms with E-state index in [4.69, 9.17) is 13.9 Å². The van der Waals surface area contributed by atoms with Crippen molar-refractivity contribution in [2.45, 2.75) is 40.5 Å². The van der Waals surface area contributed by atoms with Crippen molar-refractivity contribution in [1.29, 1.82) is 0 Å². The van der Waals surface area contributed by atoms with Gasteiger partial charge in [-0.05, 0) is 46.8 Å². The normalized spacial score (nSPS) is 14.7. The molecule has 0 aliphatic carbocycles. The molecular weight excluding hydrogens is 386 g/mol. The summed E-state index contributed by atoms with van der Waals surface area (Å²) in [4.78, 5) is 39.1. The first-order valence-corrected chi connectivity index (χ1v) is 9.84. The van der Waals surface area contributed by atoms with Crippen LogP contribution in [0.1, 0.15) is 44.7 Å². The van der Waals surface area contributed by atoms with Crippen LogP contribution >= 0.6 is 0 Å². The molecule has 30 heavy (non-hydrogen) atoms. The van der Waals surface area contributed by atoms with Crippen LogP contribution in [0.3, 0.4) is 0 Å². The van der Waals surface area contributed by atoms with E-state index in [0.717, 1.165) is 5.56 Å². The summed E-state index contributed by atoms with van der Waals surface area (Å²) in [5.41, 5.74) is 2.58.